The fourth-order valence-corrected chi connectivity index (χ4v) is 3.20. The average molecular weight is 210 g/mol. The molecular formula is C11H18N2S. The first kappa shape index (κ1) is 10.1. The van der Waals surface area contributed by atoms with Gasteiger partial charge in [0.15, 0.2) is 0 Å². The van der Waals surface area contributed by atoms with Gasteiger partial charge < -0.3 is 5.73 Å². The molecule has 2 unspecified atom stereocenters. The van der Waals surface area contributed by atoms with Crippen molar-refractivity contribution in [3.8, 4) is 0 Å². The molecule has 0 spiro atoms. The minimum atomic E-state index is 0.279. The molecule has 0 amide bonds. The van der Waals surface area contributed by atoms with E-state index in [2.05, 4.69) is 32.7 Å². The Kier molecular flexibility index (Phi) is 2.20. The minimum absolute atomic E-state index is 0.279. The Hall–Kier alpha value is -0.410. The van der Waals surface area contributed by atoms with E-state index in [0.29, 0.717) is 17.9 Å². The highest BCUT2D eigenvalue weighted by molar-refractivity contribution is 7.11. The van der Waals surface area contributed by atoms with Gasteiger partial charge in [-0.25, -0.2) is 4.98 Å². The Bertz CT molecular complexity index is 341. The molecule has 1 aliphatic carbocycles. The predicted octanol–water partition coefficient (Wildman–Crippen LogP) is 2.72. The second-order valence-electron chi connectivity index (χ2n) is 5.08. The summed E-state index contributed by atoms with van der Waals surface area (Å²) < 4.78 is 0. The summed E-state index contributed by atoms with van der Waals surface area (Å²) in [6, 6.07) is 0.322. The quantitative estimate of drug-likeness (QED) is 0.815. The molecule has 1 aliphatic rings. The molecule has 0 aromatic carbocycles. The van der Waals surface area contributed by atoms with E-state index in [-0.39, 0.29) is 5.41 Å². The Labute approximate surface area is 89.5 Å². The number of hydrogen-bond acceptors (Lipinski definition) is 3. The molecule has 1 fully saturated rings. The highest BCUT2D eigenvalue weighted by atomic mass is 32.1. The number of nitrogens with two attached hydrogens (primary N) is 1. The molecule has 1 aromatic rings. The Morgan fingerprint density at radius 2 is 2.07 bits per heavy atom. The molecule has 1 heterocycles. The van der Waals surface area contributed by atoms with Crippen LogP contribution in [-0.2, 0) is 0 Å². The van der Waals surface area contributed by atoms with Crippen molar-refractivity contribution < 1.29 is 0 Å². The van der Waals surface area contributed by atoms with Crippen molar-refractivity contribution in [3.05, 3.63) is 16.1 Å². The summed E-state index contributed by atoms with van der Waals surface area (Å²) in [7, 11) is 0. The van der Waals surface area contributed by atoms with E-state index in [9.17, 15) is 0 Å². The smallest absolute Gasteiger partial charge is 0.0953 e. The van der Waals surface area contributed by atoms with E-state index in [1.807, 2.05) is 17.5 Å². The maximum atomic E-state index is 6.04. The number of rotatable bonds is 2. The highest BCUT2D eigenvalue weighted by Gasteiger charge is 2.57. The van der Waals surface area contributed by atoms with Gasteiger partial charge in [-0.3, -0.25) is 0 Å². The Balaban J connectivity index is 2.20. The number of hydrogen-bond donors (Lipinski definition) is 1. The third-order valence-electron chi connectivity index (χ3n) is 3.25. The van der Waals surface area contributed by atoms with Crippen LogP contribution in [0.5, 0.6) is 0 Å². The van der Waals surface area contributed by atoms with Crippen LogP contribution >= 0.6 is 11.3 Å². The summed E-state index contributed by atoms with van der Waals surface area (Å²) in [5.41, 5.74) is 6.32. The van der Waals surface area contributed by atoms with Gasteiger partial charge in [0.1, 0.15) is 0 Å². The van der Waals surface area contributed by atoms with Crippen molar-refractivity contribution in [1.29, 1.82) is 0 Å². The maximum absolute atomic E-state index is 6.04. The predicted molar refractivity (Wildman–Crippen MR) is 60.7 cm³/mol. The van der Waals surface area contributed by atoms with Gasteiger partial charge in [-0.05, 0) is 5.41 Å². The van der Waals surface area contributed by atoms with Gasteiger partial charge in [-0.1, -0.05) is 27.7 Å². The largest absolute Gasteiger partial charge is 0.327 e. The second-order valence-corrected chi connectivity index (χ2v) is 6.17. The molecule has 0 saturated heterocycles. The molecule has 1 saturated carbocycles. The zero-order chi connectivity index (χ0) is 10.5. The first-order chi connectivity index (χ1) is 6.44. The third-order valence-corrected chi connectivity index (χ3v) is 4.63. The molecule has 0 radical (unpaired) electrons. The third kappa shape index (κ3) is 1.39. The van der Waals surface area contributed by atoms with Gasteiger partial charge in [0.2, 0.25) is 0 Å². The molecule has 2 N–H and O–H groups in total. The fourth-order valence-electron chi connectivity index (χ4n) is 1.93. The molecule has 0 aliphatic heterocycles. The van der Waals surface area contributed by atoms with E-state index in [0.717, 1.165) is 0 Å². The lowest BCUT2D eigenvalue weighted by atomic mass is 10.1. The number of aromatic nitrogens is 1. The van der Waals surface area contributed by atoms with Crippen LogP contribution in [0, 0.1) is 5.41 Å². The molecule has 2 nitrogen and oxygen atoms in total. The molecule has 2 atom stereocenters. The summed E-state index contributed by atoms with van der Waals surface area (Å²) in [6.07, 6.45) is 2.01. The second kappa shape index (κ2) is 3.04. The molecule has 2 rings (SSSR count). The van der Waals surface area contributed by atoms with Crippen LogP contribution in [0.15, 0.2) is 6.20 Å². The van der Waals surface area contributed by atoms with E-state index < -0.39 is 0 Å². The van der Waals surface area contributed by atoms with Crippen LogP contribution in [0.2, 0.25) is 0 Å². The zero-order valence-corrected chi connectivity index (χ0v) is 10.1. The van der Waals surface area contributed by atoms with Crippen molar-refractivity contribution in [2.75, 3.05) is 0 Å². The van der Waals surface area contributed by atoms with Crippen molar-refractivity contribution in [1.82, 2.24) is 4.98 Å². The summed E-state index contributed by atoms with van der Waals surface area (Å²) in [5.74, 6) is 1.07. The summed E-state index contributed by atoms with van der Waals surface area (Å²) >= 11 is 1.83. The lowest BCUT2D eigenvalue weighted by molar-refractivity contribution is 0.601. The lowest BCUT2D eigenvalue weighted by Gasteiger charge is -1.98. The Morgan fingerprint density at radius 3 is 2.43 bits per heavy atom. The maximum Gasteiger partial charge on any atom is 0.0953 e. The average Bonchev–Trinajstić information content (AvgIpc) is 2.55. The molecule has 0 bridgehead atoms. The highest BCUT2D eigenvalue weighted by Crippen LogP contribution is 2.58. The number of thiazole rings is 1. The van der Waals surface area contributed by atoms with Crippen LogP contribution < -0.4 is 5.73 Å². The van der Waals surface area contributed by atoms with Crippen molar-refractivity contribution in [3.63, 3.8) is 0 Å². The van der Waals surface area contributed by atoms with Crippen molar-refractivity contribution >= 4 is 11.3 Å². The SMILES string of the molecule is CC(C)c1ncc(C2C(N)C2(C)C)s1. The van der Waals surface area contributed by atoms with Crippen LogP contribution in [0.1, 0.15) is 49.4 Å². The van der Waals surface area contributed by atoms with E-state index in [1.165, 1.54) is 9.88 Å². The van der Waals surface area contributed by atoms with Crippen molar-refractivity contribution in [2.24, 2.45) is 11.1 Å². The fraction of sp³-hybridized carbons (Fsp3) is 0.727. The van der Waals surface area contributed by atoms with Crippen LogP contribution in [0.3, 0.4) is 0 Å². The monoisotopic (exact) mass is 210 g/mol. The number of nitrogens with zero attached hydrogens (tertiary/aromatic N) is 1. The molecule has 3 heteroatoms. The normalized spacial score (nSPS) is 29.6. The van der Waals surface area contributed by atoms with E-state index in [1.54, 1.807) is 0 Å². The summed E-state index contributed by atoms with van der Waals surface area (Å²) in [4.78, 5) is 5.81. The first-order valence-electron chi connectivity index (χ1n) is 5.15. The molecule has 14 heavy (non-hydrogen) atoms. The minimum Gasteiger partial charge on any atom is -0.327 e. The standard InChI is InChI=1S/C11H18N2S/c1-6(2)10-13-5-7(14-10)8-9(12)11(8,3)4/h5-6,8-9H,12H2,1-4H3. The van der Waals surface area contributed by atoms with Gasteiger partial charge in [-0.2, -0.15) is 0 Å². The van der Waals surface area contributed by atoms with Gasteiger partial charge >= 0.3 is 0 Å². The lowest BCUT2D eigenvalue weighted by Crippen LogP contribution is -2.06. The van der Waals surface area contributed by atoms with Crippen LogP contribution in [-0.4, -0.2) is 11.0 Å². The van der Waals surface area contributed by atoms with Crippen molar-refractivity contribution in [2.45, 2.75) is 45.6 Å². The van der Waals surface area contributed by atoms with E-state index in [4.69, 9.17) is 5.73 Å². The van der Waals surface area contributed by atoms with Gasteiger partial charge in [-0.15, -0.1) is 11.3 Å². The van der Waals surface area contributed by atoms with Gasteiger partial charge in [0.25, 0.3) is 0 Å². The Morgan fingerprint density at radius 1 is 1.50 bits per heavy atom. The first-order valence-corrected chi connectivity index (χ1v) is 5.97. The van der Waals surface area contributed by atoms with Crippen LogP contribution in [0.4, 0.5) is 0 Å². The summed E-state index contributed by atoms with van der Waals surface area (Å²) in [5, 5.41) is 1.23. The van der Waals surface area contributed by atoms with E-state index >= 15 is 0 Å². The van der Waals surface area contributed by atoms with Gasteiger partial charge in [0.05, 0.1) is 5.01 Å². The van der Waals surface area contributed by atoms with Crippen LogP contribution in [0.25, 0.3) is 0 Å². The molecule has 78 valence electrons. The van der Waals surface area contributed by atoms with Gasteiger partial charge in [0, 0.05) is 29.0 Å². The zero-order valence-electron chi connectivity index (χ0n) is 9.24. The molecule has 1 aromatic heterocycles. The summed E-state index contributed by atoms with van der Waals surface area (Å²) in [6.45, 7) is 8.83. The topological polar surface area (TPSA) is 38.9 Å². The molecular weight excluding hydrogens is 192 g/mol.